The van der Waals surface area contributed by atoms with E-state index in [9.17, 15) is 24.0 Å². The number of nitrogens with one attached hydrogen (secondary N) is 4. The second-order valence-corrected chi connectivity index (χ2v) is 12.7. The summed E-state index contributed by atoms with van der Waals surface area (Å²) in [4.78, 5) is 64.0. The van der Waals surface area contributed by atoms with Crippen LogP contribution in [0.15, 0.2) is 30.3 Å². The van der Waals surface area contributed by atoms with Crippen LogP contribution < -0.4 is 21.3 Å². The topological polar surface area (TPSA) is 152 Å². The van der Waals surface area contributed by atoms with E-state index < -0.39 is 47.7 Å². The summed E-state index contributed by atoms with van der Waals surface area (Å²) >= 11 is 0. The summed E-state index contributed by atoms with van der Waals surface area (Å²) in [5, 5.41) is 11.0. The smallest absolute Gasteiger partial charge is 0.408 e. The Morgan fingerprint density at radius 1 is 0.977 bits per heavy atom. The van der Waals surface area contributed by atoms with Crippen molar-refractivity contribution in [3.8, 4) is 0 Å². The van der Waals surface area contributed by atoms with Crippen LogP contribution in [0.25, 0.3) is 0 Å². The fourth-order valence-corrected chi connectivity index (χ4v) is 5.77. The molecule has 4 N–H and O–H groups in total. The summed E-state index contributed by atoms with van der Waals surface area (Å²) in [5.74, 6) is -1.35. The number of aldehydes is 1. The summed E-state index contributed by atoms with van der Waals surface area (Å²) in [6, 6.07) is 6.21. The normalized spacial score (nSPS) is 20.2. The molecule has 1 saturated heterocycles. The standard InChI is InChI=1S/C32H48N4O7/c1-21(43-32(2,3)4)27(36-31(41)42-20-23-13-9-6-10-14-23)30(40)35-26(17-22-11-7-5-8-12-22)29(39)34-25(19-37)18-24-15-16-33-28(24)38/h6,9-10,13-14,19,21-22,24-27H,5,7-8,11-12,15-18,20H2,1-4H3,(H,33,38)(H,34,39)(H,35,40)(H,36,41)/t21-,24-,25-,26-,27-/m0/s1. The maximum atomic E-state index is 13.7. The Labute approximate surface area is 254 Å². The van der Waals surface area contributed by atoms with Crippen LogP contribution in [0.1, 0.15) is 84.6 Å². The Kier molecular flexibility index (Phi) is 13.0. The Balaban J connectivity index is 1.73. The zero-order chi connectivity index (χ0) is 31.4. The molecule has 5 atom stereocenters. The van der Waals surface area contributed by atoms with Gasteiger partial charge in [-0.05, 0) is 58.4 Å². The third kappa shape index (κ3) is 11.6. The molecule has 0 bridgehead atoms. The molecule has 43 heavy (non-hydrogen) atoms. The molecular weight excluding hydrogens is 552 g/mol. The molecule has 11 nitrogen and oxygen atoms in total. The van der Waals surface area contributed by atoms with Crippen LogP contribution in [0, 0.1) is 11.8 Å². The summed E-state index contributed by atoms with van der Waals surface area (Å²) in [6.07, 6.45) is 5.38. The van der Waals surface area contributed by atoms with Crippen molar-refractivity contribution < 1.29 is 33.4 Å². The molecule has 2 aliphatic rings. The number of hydrogen-bond acceptors (Lipinski definition) is 7. The summed E-state index contributed by atoms with van der Waals surface area (Å²) in [5.41, 5.74) is 0.178. The first-order chi connectivity index (χ1) is 20.4. The molecule has 1 aliphatic carbocycles. The highest BCUT2D eigenvalue weighted by Crippen LogP contribution is 2.28. The summed E-state index contributed by atoms with van der Waals surface area (Å²) in [6.45, 7) is 7.77. The van der Waals surface area contributed by atoms with Crippen molar-refractivity contribution in [2.75, 3.05) is 6.54 Å². The van der Waals surface area contributed by atoms with Gasteiger partial charge in [-0.15, -0.1) is 0 Å². The molecule has 0 radical (unpaired) electrons. The molecule has 1 saturated carbocycles. The molecule has 0 spiro atoms. The number of amides is 4. The van der Waals surface area contributed by atoms with Gasteiger partial charge in [-0.25, -0.2) is 4.79 Å². The molecule has 1 aliphatic heterocycles. The van der Waals surface area contributed by atoms with Crippen molar-refractivity contribution in [3.05, 3.63) is 35.9 Å². The molecule has 3 rings (SSSR count). The maximum Gasteiger partial charge on any atom is 0.408 e. The maximum absolute atomic E-state index is 13.7. The fourth-order valence-electron chi connectivity index (χ4n) is 5.77. The van der Waals surface area contributed by atoms with E-state index in [1.54, 1.807) is 6.92 Å². The molecule has 238 valence electrons. The number of carbonyl (C=O) groups excluding carboxylic acids is 5. The number of rotatable bonds is 14. The van der Waals surface area contributed by atoms with E-state index >= 15 is 0 Å². The highest BCUT2D eigenvalue weighted by atomic mass is 16.6. The van der Waals surface area contributed by atoms with Gasteiger partial charge < -0.3 is 35.5 Å². The van der Waals surface area contributed by atoms with E-state index in [1.807, 2.05) is 51.1 Å². The molecule has 4 amide bonds. The first-order valence-corrected chi connectivity index (χ1v) is 15.4. The number of ether oxygens (including phenoxy) is 2. The summed E-state index contributed by atoms with van der Waals surface area (Å²) < 4.78 is 11.4. The average Bonchev–Trinajstić information content (AvgIpc) is 3.37. The Morgan fingerprint density at radius 2 is 1.67 bits per heavy atom. The van der Waals surface area contributed by atoms with E-state index in [0.29, 0.717) is 25.7 Å². The first kappa shape index (κ1) is 34.0. The van der Waals surface area contributed by atoms with Crippen LogP contribution in [0.2, 0.25) is 0 Å². The molecule has 1 aromatic rings. The van der Waals surface area contributed by atoms with Gasteiger partial charge >= 0.3 is 6.09 Å². The van der Waals surface area contributed by atoms with E-state index in [0.717, 1.165) is 37.7 Å². The molecule has 0 unspecified atom stereocenters. The van der Waals surface area contributed by atoms with Crippen LogP contribution >= 0.6 is 0 Å². The van der Waals surface area contributed by atoms with Crippen molar-refractivity contribution in [1.82, 2.24) is 21.3 Å². The van der Waals surface area contributed by atoms with Crippen molar-refractivity contribution in [2.24, 2.45) is 11.8 Å². The lowest BCUT2D eigenvalue weighted by atomic mass is 9.84. The first-order valence-electron chi connectivity index (χ1n) is 15.4. The van der Waals surface area contributed by atoms with E-state index in [1.165, 1.54) is 0 Å². The zero-order valence-corrected chi connectivity index (χ0v) is 25.9. The molecule has 1 aromatic carbocycles. The lowest BCUT2D eigenvalue weighted by molar-refractivity contribution is -0.136. The van der Waals surface area contributed by atoms with Gasteiger partial charge in [0.1, 0.15) is 25.0 Å². The minimum absolute atomic E-state index is 0.0222. The van der Waals surface area contributed by atoms with E-state index in [2.05, 4.69) is 21.3 Å². The van der Waals surface area contributed by atoms with Crippen LogP contribution in [-0.2, 0) is 35.3 Å². The zero-order valence-electron chi connectivity index (χ0n) is 25.9. The van der Waals surface area contributed by atoms with Gasteiger partial charge in [-0.3, -0.25) is 14.4 Å². The Morgan fingerprint density at radius 3 is 2.28 bits per heavy atom. The summed E-state index contributed by atoms with van der Waals surface area (Å²) in [7, 11) is 0. The van der Waals surface area contributed by atoms with Crippen molar-refractivity contribution >= 4 is 30.1 Å². The highest BCUT2D eigenvalue weighted by molar-refractivity contribution is 5.92. The van der Waals surface area contributed by atoms with Gasteiger partial charge in [0.15, 0.2) is 0 Å². The third-order valence-corrected chi connectivity index (χ3v) is 7.90. The minimum atomic E-state index is -1.16. The number of alkyl carbamates (subject to hydrolysis) is 1. The molecule has 1 heterocycles. The van der Waals surface area contributed by atoms with Crippen molar-refractivity contribution in [2.45, 2.75) is 115 Å². The fraction of sp³-hybridized carbons (Fsp3) is 0.656. The van der Waals surface area contributed by atoms with Crippen LogP contribution in [-0.4, -0.2) is 66.5 Å². The number of benzene rings is 1. The van der Waals surface area contributed by atoms with Gasteiger partial charge in [0, 0.05) is 12.5 Å². The lowest BCUT2D eigenvalue weighted by Gasteiger charge is -2.32. The second kappa shape index (κ2) is 16.4. The molecule has 2 fully saturated rings. The number of carbonyl (C=O) groups is 5. The highest BCUT2D eigenvalue weighted by Gasteiger charge is 2.36. The van der Waals surface area contributed by atoms with Crippen LogP contribution in [0.5, 0.6) is 0 Å². The van der Waals surface area contributed by atoms with Gasteiger partial charge in [0.2, 0.25) is 17.7 Å². The van der Waals surface area contributed by atoms with Crippen LogP contribution in [0.4, 0.5) is 4.79 Å². The van der Waals surface area contributed by atoms with Crippen LogP contribution in [0.3, 0.4) is 0 Å². The third-order valence-electron chi connectivity index (χ3n) is 7.90. The van der Waals surface area contributed by atoms with Gasteiger partial charge in [-0.1, -0.05) is 62.4 Å². The van der Waals surface area contributed by atoms with Gasteiger partial charge in [-0.2, -0.15) is 0 Å². The van der Waals surface area contributed by atoms with Crippen molar-refractivity contribution in [3.63, 3.8) is 0 Å². The quantitative estimate of drug-likeness (QED) is 0.240. The monoisotopic (exact) mass is 600 g/mol. The molecule has 0 aromatic heterocycles. The predicted molar refractivity (Wildman–Crippen MR) is 161 cm³/mol. The average molecular weight is 601 g/mol. The van der Waals surface area contributed by atoms with E-state index in [-0.39, 0.29) is 30.8 Å². The molecular formula is C32H48N4O7. The second-order valence-electron chi connectivity index (χ2n) is 12.7. The largest absolute Gasteiger partial charge is 0.445 e. The Bertz CT molecular complexity index is 1080. The van der Waals surface area contributed by atoms with E-state index in [4.69, 9.17) is 9.47 Å². The Hall–Kier alpha value is -3.47. The SMILES string of the molecule is C[C@H](OC(C)(C)C)[C@H](NC(=O)OCc1ccccc1)C(=O)N[C@@H](CC1CCCCC1)C(=O)N[C@H](C=O)C[C@@H]1CCNC1=O. The minimum Gasteiger partial charge on any atom is -0.445 e. The number of hydrogen-bond donors (Lipinski definition) is 4. The predicted octanol–water partition coefficient (Wildman–Crippen LogP) is 3.15. The lowest BCUT2D eigenvalue weighted by Crippen LogP contribution is -2.59. The van der Waals surface area contributed by atoms with Gasteiger partial charge in [0.25, 0.3) is 0 Å². The molecule has 11 heteroatoms. The van der Waals surface area contributed by atoms with Gasteiger partial charge in [0.05, 0.1) is 17.7 Å². The van der Waals surface area contributed by atoms with Crippen molar-refractivity contribution in [1.29, 1.82) is 0 Å².